The van der Waals surface area contributed by atoms with Gasteiger partial charge in [-0.25, -0.2) is 0 Å². The molecule has 1 fully saturated rings. The largest absolute Gasteiger partial charge is 0.422 e. The number of aromatic nitrogens is 4. The summed E-state index contributed by atoms with van der Waals surface area (Å²) in [6, 6.07) is 4.96. The molecule has 0 spiro atoms. The summed E-state index contributed by atoms with van der Waals surface area (Å²) >= 11 is 0. The van der Waals surface area contributed by atoms with Crippen molar-refractivity contribution in [1.29, 1.82) is 0 Å². The molecule has 9 nitrogen and oxygen atoms in total. The maximum atomic E-state index is 13.2. The summed E-state index contributed by atoms with van der Waals surface area (Å²) in [5.74, 6) is 0.308. The van der Waals surface area contributed by atoms with Crippen molar-refractivity contribution in [3.8, 4) is 0 Å². The summed E-state index contributed by atoms with van der Waals surface area (Å²) in [7, 11) is 1.51. The number of hydrogen-bond donors (Lipinski definition) is 3. The van der Waals surface area contributed by atoms with Gasteiger partial charge in [-0.15, -0.1) is 10.2 Å². The van der Waals surface area contributed by atoms with E-state index in [-0.39, 0.29) is 34.8 Å². The van der Waals surface area contributed by atoms with Gasteiger partial charge in [0.15, 0.2) is 11.5 Å². The molecule has 0 radical (unpaired) electrons. The first-order valence-corrected chi connectivity index (χ1v) is 11.1. The fourth-order valence-electron chi connectivity index (χ4n) is 4.59. The third kappa shape index (κ3) is 4.83. The maximum Gasteiger partial charge on any atom is 0.422 e. The summed E-state index contributed by atoms with van der Waals surface area (Å²) in [4.78, 5) is 32.3. The lowest BCUT2D eigenvalue weighted by Gasteiger charge is -2.41. The number of piperidine rings is 1. The van der Waals surface area contributed by atoms with Gasteiger partial charge in [0.2, 0.25) is 0 Å². The first-order chi connectivity index (χ1) is 16.6. The average molecular weight is 490 g/mol. The number of rotatable bonds is 5. The van der Waals surface area contributed by atoms with Crippen LogP contribution in [-0.2, 0) is 12.6 Å². The molecular formula is C23H25F3N6O3. The molecular weight excluding hydrogens is 465 g/mol. The van der Waals surface area contributed by atoms with Crippen LogP contribution in [0.1, 0.15) is 40.0 Å². The Bertz CT molecular complexity index is 1300. The van der Waals surface area contributed by atoms with Crippen LogP contribution in [0.25, 0.3) is 11.0 Å². The van der Waals surface area contributed by atoms with Gasteiger partial charge >= 0.3 is 6.18 Å². The van der Waals surface area contributed by atoms with Crippen molar-refractivity contribution < 1.29 is 23.1 Å². The molecule has 186 valence electrons. The zero-order valence-corrected chi connectivity index (χ0v) is 19.2. The second-order valence-electron chi connectivity index (χ2n) is 8.87. The van der Waals surface area contributed by atoms with Crippen LogP contribution in [0.15, 0.2) is 29.2 Å². The van der Waals surface area contributed by atoms with Crippen molar-refractivity contribution in [2.75, 3.05) is 31.6 Å². The number of carbonyl (C=O) groups is 1. The zero-order chi connectivity index (χ0) is 25.4. The number of pyridine rings is 2. The van der Waals surface area contributed by atoms with E-state index in [1.807, 2.05) is 4.90 Å². The van der Waals surface area contributed by atoms with E-state index in [9.17, 15) is 27.9 Å². The smallest absolute Gasteiger partial charge is 0.396 e. The normalized spacial score (nSPS) is 15.9. The molecule has 3 N–H and O–H groups in total. The van der Waals surface area contributed by atoms with E-state index in [1.54, 1.807) is 18.2 Å². The fraction of sp³-hybridized carbons (Fsp3) is 0.435. The van der Waals surface area contributed by atoms with Crippen molar-refractivity contribution in [3.63, 3.8) is 0 Å². The van der Waals surface area contributed by atoms with E-state index in [2.05, 4.69) is 25.5 Å². The average Bonchev–Trinajstić information content (AvgIpc) is 2.83. The molecule has 1 aliphatic heterocycles. The number of halogens is 3. The highest BCUT2D eigenvalue weighted by molar-refractivity contribution is 5.91. The first-order valence-electron chi connectivity index (χ1n) is 11.1. The SMILES string of the molecule is CNC(=O)c1ccc(N2CCC(CO)(Cc3cnc4c(C)c(C(F)(F)F)c(=O)[nH]c4c3)CC2)nn1. The summed E-state index contributed by atoms with van der Waals surface area (Å²) in [6.07, 6.45) is -1.57. The third-order valence-corrected chi connectivity index (χ3v) is 6.61. The third-order valence-electron chi connectivity index (χ3n) is 6.61. The van der Waals surface area contributed by atoms with E-state index in [0.29, 0.717) is 43.7 Å². The minimum absolute atomic E-state index is 0.0806. The van der Waals surface area contributed by atoms with Crippen molar-refractivity contribution in [3.05, 3.63) is 57.1 Å². The molecule has 4 heterocycles. The van der Waals surface area contributed by atoms with E-state index < -0.39 is 22.7 Å². The lowest BCUT2D eigenvalue weighted by atomic mass is 9.74. The Morgan fingerprint density at radius 2 is 1.97 bits per heavy atom. The van der Waals surface area contributed by atoms with Crippen LogP contribution >= 0.6 is 0 Å². The Morgan fingerprint density at radius 1 is 1.26 bits per heavy atom. The van der Waals surface area contributed by atoms with Gasteiger partial charge in [0, 0.05) is 38.4 Å². The van der Waals surface area contributed by atoms with Crippen LogP contribution in [0.2, 0.25) is 0 Å². The molecule has 1 amide bonds. The lowest BCUT2D eigenvalue weighted by Crippen LogP contribution is -2.43. The number of fused-ring (bicyclic) bond motifs is 1. The number of aromatic amines is 1. The Balaban J connectivity index is 1.52. The van der Waals surface area contributed by atoms with Crippen LogP contribution in [0.5, 0.6) is 0 Å². The molecule has 0 bridgehead atoms. The Labute approximate surface area is 198 Å². The Hall–Kier alpha value is -3.54. The number of aryl methyl sites for hydroxylation is 1. The summed E-state index contributed by atoms with van der Waals surface area (Å²) < 4.78 is 39.7. The standard InChI is InChI=1S/C23H25F3N6O3/c1-13-18(23(24,25)26)21(35)29-16-9-14(11-28-19(13)16)10-22(12-33)5-7-32(8-6-22)17-4-3-15(30-31-17)20(34)27-2/h3-4,9,11,33H,5-8,10,12H2,1-2H3,(H,27,34)(H,29,35). The Morgan fingerprint density at radius 3 is 2.54 bits per heavy atom. The predicted octanol–water partition coefficient (Wildman–Crippen LogP) is 2.22. The van der Waals surface area contributed by atoms with Crippen LogP contribution in [-0.4, -0.2) is 57.9 Å². The summed E-state index contributed by atoms with van der Waals surface area (Å²) in [5.41, 5.74) is -1.85. The first kappa shape index (κ1) is 24.6. The van der Waals surface area contributed by atoms with Crippen molar-refractivity contribution in [2.45, 2.75) is 32.4 Å². The molecule has 0 saturated carbocycles. The van der Waals surface area contributed by atoms with Crippen molar-refractivity contribution >= 4 is 22.8 Å². The number of aliphatic hydroxyl groups is 1. The van der Waals surface area contributed by atoms with E-state index in [1.165, 1.54) is 20.2 Å². The van der Waals surface area contributed by atoms with Gasteiger partial charge in [0.1, 0.15) is 5.56 Å². The number of H-pyrrole nitrogens is 1. The Kier molecular flexibility index (Phi) is 6.50. The highest BCUT2D eigenvalue weighted by Gasteiger charge is 2.37. The molecule has 0 unspecified atom stereocenters. The second-order valence-corrected chi connectivity index (χ2v) is 8.87. The molecule has 1 aliphatic rings. The van der Waals surface area contributed by atoms with Gasteiger partial charge < -0.3 is 20.3 Å². The van der Waals surface area contributed by atoms with E-state index in [4.69, 9.17) is 0 Å². The van der Waals surface area contributed by atoms with Crippen LogP contribution in [0, 0.1) is 12.3 Å². The lowest BCUT2D eigenvalue weighted by molar-refractivity contribution is -0.139. The van der Waals surface area contributed by atoms with Gasteiger partial charge in [-0.3, -0.25) is 14.6 Å². The van der Waals surface area contributed by atoms with Gasteiger partial charge in [0.25, 0.3) is 11.5 Å². The summed E-state index contributed by atoms with van der Waals surface area (Å²) in [5, 5.41) is 20.8. The minimum Gasteiger partial charge on any atom is -0.396 e. The molecule has 3 aromatic heterocycles. The number of nitrogens with one attached hydrogen (secondary N) is 2. The molecule has 12 heteroatoms. The van der Waals surface area contributed by atoms with Crippen molar-refractivity contribution in [1.82, 2.24) is 25.5 Å². The van der Waals surface area contributed by atoms with Gasteiger partial charge in [-0.1, -0.05) is 0 Å². The number of aliphatic hydroxyl groups excluding tert-OH is 1. The second kappa shape index (κ2) is 9.25. The van der Waals surface area contributed by atoms with Gasteiger partial charge in [0.05, 0.1) is 11.0 Å². The van der Waals surface area contributed by atoms with Gasteiger partial charge in [-0.2, -0.15) is 13.2 Å². The van der Waals surface area contributed by atoms with Crippen LogP contribution in [0.4, 0.5) is 19.0 Å². The topological polar surface area (TPSA) is 124 Å². The fourth-order valence-corrected chi connectivity index (χ4v) is 4.59. The number of nitrogens with zero attached hydrogens (tertiary/aromatic N) is 4. The number of carbonyl (C=O) groups excluding carboxylic acids is 1. The minimum atomic E-state index is -4.77. The van der Waals surface area contributed by atoms with Crippen LogP contribution in [0.3, 0.4) is 0 Å². The monoisotopic (exact) mass is 490 g/mol. The molecule has 3 aromatic rings. The van der Waals surface area contributed by atoms with Gasteiger partial charge in [-0.05, 0) is 55.5 Å². The molecule has 0 aliphatic carbocycles. The highest BCUT2D eigenvalue weighted by Crippen LogP contribution is 2.37. The predicted molar refractivity (Wildman–Crippen MR) is 122 cm³/mol. The quantitative estimate of drug-likeness (QED) is 0.501. The van der Waals surface area contributed by atoms with E-state index >= 15 is 0 Å². The number of anilines is 1. The van der Waals surface area contributed by atoms with E-state index in [0.717, 1.165) is 0 Å². The highest BCUT2D eigenvalue weighted by atomic mass is 19.4. The number of hydrogen-bond acceptors (Lipinski definition) is 7. The molecule has 1 saturated heterocycles. The number of amides is 1. The summed E-state index contributed by atoms with van der Waals surface area (Å²) in [6.45, 7) is 2.35. The zero-order valence-electron chi connectivity index (χ0n) is 19.2. The molecule has 0 aromatic carbocycles. The van der Waals surface area contributed by atoms with Crippen molar-refractivity contribution in [2.24, 2.45) is 5.41 Å². The molecule has 0 atom stereocenters. The molecule has 35 heavy (non-hydrogen) atoms. The maximum absolute atomic E-state index is 13.2. The molecule has 4 rings (SSSR count). The number of alkyl halides is 3. The van der Waals surface area contributed by atoms with Crippen LogP contribution < -0.4 is 15.8 Å².